The van der Waals surface area contributed by atoms with Crippen molar-refractivity contribution in [3.05, 3.63) is 42.2 Å². The molecule has 4 rings (SSSR count). The highest BCUT2D eigenvalue weighted by molar-refractivity contribution is 6.06. The highest BCUT2D eigenvalue weighted by atomic mass is 16.7. The molecule has 3 heterocycles. The molecule has 0 aromatic carbocycles. The van der Waals surface area contributed by atoms with Gasteiger partial charge < -0.3 is 9.47 Å². The second-order valence-corrected chi connectivity index (χ2v) is 6.96. The zero-order valence-corrected chi connectivity index (χ0v) is 15.9. The molecular weight excluding hydrogens is 344 g/mol. The Balaban J connectivity index is 1.65. The second kappa shape index (κ2) is 6.77. The van der Waals surface area contributed by atoms with Gasteiger partial charge in [0.25, 0.3) is 5.91 Å². The molecule has 8 heteroatoms. The van der Waals surface area contributed by atoms with Gasteiger partial charge in [0, 0.05) is 26.8 Å². The summed E-state index contributed by atoms with van der Waals surface area (Å²) in [6.45, 7) is 2.48. The summed E-state index contributed by atoms with van der Waals surface area (Å²) in [5, 5.41) is 1.68. The van der Waals surface area contributed by atoms with Crippen LogP contribution in [-0.2, 0) is 11.9 Å². The highest BCUT2D eigenvalue weighted by Crippen LogP contribution is 2.39. The fraction of sp³-hybridized carbons (Fsp3) is 0.474. The lowest BCUT2D eigenvalue weighted by Crippen LogP contribution is -2.33. The Kier molecular flexibility index (Phi) is 4.43. The van der Waals surface area contributed by atoms with Gasteiger partial charge in [0.2, 0.25) is 0 Å². The first-order valence-corrected chi connectivity index (χ1v) is 9.31. The molecule has 1 aliphatic carbocycles. The first-order chi connectivity index (χ1) is 13.0. The molecule has 1 fully saturated rings. The van der Waals surface area contributed by atoms with Crippen LogP contribution >= 0.6 is 0 Å². The van der Waals surface area contributed by atoms with E-state index in [1.807, 2.05) is 33.2 Å². The number of nitrogens with zero attached hydrogens (tertiary/aromatic N) is 6. The predicted molar refractivity (Wildman–Crippen MR) is 101 cm³/mol. The van der Waals surface area contributed by atoms with Crippen LogP contribution in [0.15, 0.2) is 35.7 Å². The van der Waals surface area contributed by atoms with E-state index in [1.165, 1.54) is 0 Å². The summed E-state index contributed by atoms with van der Waals surface area (Å²) in [7, 11) is 3.68. The van der Waals surface area contributed by atoms with Crippen molar-refractivity contribution in [2.24, 2.45) is 12.0 Å². The number of carbonyl (C=O) groups is 1. The summed E-state index contributed by atoms with van der Waals surface area (Å²) in [4.78, 5) is 34.2. The molecule has 0 saturated heterocycles. The van der Waals surface area contributed by atoms with Crippen molar-refractivity contribution in [3.63, 3.8) is 0 Å². The molecule has 1 aliphatic heterocycles. The molecule has 1 spiro atoms. The number of amidine groups is 1. The predicted octanol–water partition coefficient (Wildman–Crippen LogP) is 2.38. The van der Waals surface area contributed by atoms with E-state index in [4.69, 9.17) is 9.83 Å². The number of hydroxylamine groups is 2. The molecule has 1 amide bonds. The summed E-state index contributed by atoms with van der Waals surface area (Å²) in [5.74, 6) is 1.18. The maximum absolute atomic E-state index is 13.1. The van der Waals surface area contributed by atoms with Gasteiger partial charge in [-0.3, -0.25) is 9.78 Å². The summed E-state index contributed by atoms with van der Waals surface area (Å²) >= 11 is 0. The molecule has 2 aromatic rings. The minimum absolute atomic E-state index is 0.121. The summed E-state index contributed by atoms with van der Waals surface area (Å²) in [6.07, 6.45) is 9.05. The zero-order valence-electron chi connectivity index (χ0n) is 15.9. The van der Waals surface area contributed by atoms with Crippen LogP contribution in [0.25, 0.3) is 0 Å². The van der Waals surface area contributed by atoms with Crippen LogP contribution < -0.4 is 4.90 Å². The van der Waals surface area contributed by atoms with Gasteiger partial charge in [-0.05, 0) is 44.7 Å². The van der Waals surface area contributed by atoms with Gasteiger partial charge in [-0.2, -0.15) is 0 Å². The van der Waals surface area contributed by atoms with Gasteiger partial charge in [0.05, 0.1) is 18.1 Å². The molecular formula is C19H24N6O2. The van der Waals surface area contributed by atoms with Crippen LogP contribution in [0.1, 0.15) is 48.9 Å². The minimum Gasteiger partial charge on any atom is -0.320 e. The van der Waals surface area contributed by atoms with Gasteiger partial charge in [0.15, 0.2) is 17.4 Å². The van der Waals surface area contributed by atoms with Crippen molar-refractivity contribution in [2.75, 3.05) is 18.5 Å². The number of pyridine rings is 1. The number of aromatic nitrogens is 3. The van der Waals surface area contributed by atoms with Crippen LogP contribution in [0.3, 0.4) is 0 Å². The molecule has 2 aromatic heterocycles. The maximum atomic E-state index is 13.1. The van der Waals surface area contributed by atoms with E-state index < -0.39 is 5.72 Å². The number of aliphatic imine (C=N–C) groups is 1. The third kappa shape index (κ3) is 2.99. The maximum Gasteiger partial charge on any atom is 0.276 e. The molecule has 1 saturated carbocycles. The fourth-order valence-corrected chi connectivity index (χ4v) is 3.81. The lowest BCUT2D eigenvalue weighted by atomic mass is 10.2. The van der Waals surface area contributed by atoms with Crippen molar-refractivity contribution in [1.29, 1.82) is 0 Å². The zero-order chi connectivity index (χ0) is 19.0. The van der Waals surface area contributed by atoms with E-state index in [-0.39, 0.29) is 5.91 Å². The first-order valence-electron chi connectivity index (χ1n) is 9.31. The third-order valence-corrected chi connectivity index (χ3v) is 5.23. The summed E-state index contributed by atoms with van der Waals surface area (Å²) < 4.78 is 1.79. The van der Waals surface area contributed by atoms with Gasteiger partial charge in [0.1, 0.15) is 5.69 Å². The molecule has 27 heavy (non-hydrogen) atoms. The number of hydrogen-bond acceptors (Lipinski definition) is 6. The van der Waals surface area contributed by atoms with E-state index in [2.05, 4.69) is 9.97 Å². The van der Waals surface area contributed by atoms with E-state index in [0.29, 0.717) is 23.9 Å². The Morgan fingerprint density at radius 3 is 2.74 bits per heavy atom. The number of rotatable bonds is 4. The normalized spacial score (nSPS) is 18.2. The average Bonchev–Trinajstić information content (AvgIpc) is 3.36. The monoisotopic (exact) mass is 368 g/mol. The van der Waals surface area contributed by atoms with E-state index in [0.717, 1.165) is 31.4 Å². The number of hydrogen-bond donors (Lipinski definition) is 0. The number of amides is 1. The Morgan fingerprint density at radius 2 is 2.07 bits per heavy atom. The SMILES string of the molecule is CCN(C(=O)c1cnc(C2=NC3(CCCC3)ON2C)n1C)c1cccnc1. The Hall–Kier alpha value is -2.74. The lowest BCUT2D eigenvalue weighted by molar-refractivity contribution is -0.162. The van der Waals surface area contributed by atoms with E-state index in [9.17, 15) is 4.79 Å². The number of imidazole rings is 1. The highest BCUT2D eigenvalue weighted by Gasteiger charge is 2.43. The Bertz CT molecular complexity index is 870. The number of anilines is 1. The van der Waals surface area contributed by atoms with Gasteiger partial charge in [-0.15, -0.1) is 0 Å². The average molecular weight is 368 g/mol. The molecule has 2 aliphatic rings. The van der Waals surface area contributed by atoms with E-state index >= 15 is 0 Å². The van der Waals surface area contributed by atoms with Gasteiger partial charge in [-0.25, -0.2) is 19.9 Å². The fourth-order valence-electron chi connectivity index (χ4n) is 3.81. The third-order valence-electron chi connectivity index (χ3n) is 5.23. The quantitative estimate of drug-likeness (QED) is 0.828. The molecule has 0 N–H and O–H groups in total. The smallest absolute Gasteiger partial charge is 0.276 e. The standard InChI is InChI=1S/C19H24N6O2/c1-4-25(14-8-7-11-20-12-14)18(26)15-13-21-16(23(15)2)17-22-19(27-24(17)3)9-5-6-10-19/h7-8,11-13H,4-6,9-10H2,1-3H3. The van der Waals surface area contributed by atoms with Crippen LogP contribution in [0.5, 0.6) is 0 Å². The van der Waals surface area contributed by atoms with Crippen molar-refractivity contribution in [3.8, 4) is 0 Å². The van der Waals surface area contributed by atoms with Crippen molar-refractivity contribution < 1.29 is 9.63 Å². The molecule has 0 radical (unpaired) electrons. The number of carbonyl (C=O) groups excluding carboxylic acids is 1. The summed E-state index contributed by atoms with van der Waals surface area (Å²) in [5.41, 5.74) is 0.807. The Labute approximate surface area is 158 Å². The molecule has 142 valence electrons. The largest absolute Gasteiger partial charge is 0.320 e. The second-order valence-electron chi connectivity index (χ2n) is 6.96. The van der Waals surface area contributed by atoms with Crippen LogP contribution in [0, 0.1) is 0 Å². The lowest BCUT2D eigenvalue weighted by Gasteiger charge is -2.21. The molecule has 0 atom stereocenters. The topological polar surface area (TPSA) is 75.9 Å². The van der Waals surface area contributed by atoms with Gasteiger partial charge in [-0.1, -0.05) is 0 Å². The van der Waals surface area contributed by atoms with Crippen LogP contribution in [0.2, 0.25) is 0 Å². The molecule has 0 unspecified atom stereocenters. The van der Waals surface area contributed by atoms with Crippen molar-refractivity contribution >= 4 is 17.4 Å². The first kappa shape index (κ1) is 17.7. The van der Waals surface area contributed by atoms with Crippen LogP contribution in [0.4, 0.5) is 5.69 Å². The van der Waals surface area contributed by atoms with Gasteiger partial charge >= 0.3 is 0 Å². The summed E-state index contributed by atoms with van der Waals surface area (Å²) in [6, 6.07) is 3.69. The minimum atomic E-state index is -0.453. The van der Waals surface area contributed by atoms with Crippen molar-refractivity contribution in [2.45, 2.75) is 38.3 Å². The van der Waals surface area contributed by atoms with Crippen molar-refractivity contribution in [1.82, 2.24) is 19.6 Å². The van der Waals surface area contributed by atoms with Crippen LogP contribution in [-0.4, -0.2) is 50.7 Å². The Morgan fingerprint density at radius 1 is 1.30 bits per heavy atom. The van der Waals surface area contributed by atoms with E-state index in [1.54, 1.807) is 33.1 Å². The molecule has 0 bridgehead atoms. The molecule has 8 nitrogen and oxygen atoms in total.